The molecule has 104 valence electrons. The van der Waals surface area contributed by atoms with E-state index in [2.05, 4.69) is 5.32 Å². The van der Waals surface area contributed by atoms with Gasteiger partial charge in [-0.05, 0) is 31.5 Å². The van der Waals surface area contributed by atoms with Gasteiger partial charge >= 0.3 is 6.03 Å². The zero-order chi connectivity index (χ0) is 13.9. The molecule has 2 amide bonds. The molecule has 5 heteroatoms. The molecule has 0 aromatic heterocycles. The van der Waals surface area contributed by atoms with E-state index in [-0.39, 0.29) is 6.03 Å². The SMILES string of the molecule is CC(C)(NC(=O)N1CCOCC1)c1ccc(Cl)cc1. The highest BCUT2D eigenvalue weighted by atomic mass is 35.5. The lowest BCUT2D eigenvalue weighted by Crippen LogP contribution is -2.51. The molecule has 1 aromatic rings. The molecule has 1 aliphatic rings. The zero-order valence-electron chi connectivity index (χ0n) is 11.3. The first kappa shape index (κ1) is 14.2. The number of rotatable bonds is 2. The molecule has 1 heterocycles. The Morgan fingerprint density at radius 3 is 2.42 bits per heavy atom. The first-order chi connectivity index (χ1) is 8.99. The summed E-state index contributed by atoms with van der Waals surface area (Å²) in [5, 5.41) is 3.74. The Bertz CT molecular complexity index is 439. The highest BCUT2D eigenvalue weighted by molar-refractivity contribution is 6.30. The van der Waals surface area contributed by atoms with Crippen LogP contribution in [0, 0.1) is 0 Å². The van der Waals surface area contributed by atoms with E-state index in [9.17, 15) is 4.79 Å². The van der Waals surface area contributed by atoms with E-state index >= 15 is 0 Å². The standard InChI is InChI=1S/C14H19ClN2O2/c1-14(2,11-3-5-12(15)6-4-11)16-13(18)17-7-9-19-10-8-17/h3-6H,7-10H2,1-2H3,(H,16,18). The molecule has 1 aromatic carbocycles. The van der Waals surface area contributed by atoms with Crippen molar-refractivity contribution in [1.82, 2.24) is 10.2 Å². The number of urea groups is 1. The minimum absolute atomic E-state index is 0.0525. The van der Waals surface area contributed by atoms with Gasteiger partial charge in [0, 0.05) is 18.1 Å². The number of carbonyl (C=O) groups is 1. The van der Waals surface area contributed by atoms with Crippen LogP contribution in [-0.2, 0) is 10.3 Å². The van der Waals surface area contributed by atoms with Crippen LogP contribution in [-0.4, -0.2) is 37.2 Å². The number of ether oxygens (including phenoxy) is 1. The van der Waals surface area contributed by atoms with Gasteiger partial charge in [0.2, 0.25) is 0 Å². The molecular formula is C14H19ClN2O2. The van der Waals surface area contributed by atoms with Gasteiger partial charge in [-0.15, -0.1) is 0 Å². The Hall–Kier alpha value is -1.26. The van der Waals surface area contributed by atoms with E-state index in [1.165, 1.54) is 0 Å². The molecule has 1 fully saturated rings. The first-order valence-corrected chi connectivity index (χ1v) is 6.78. The lowest BCUT2D eigenvalue weighted by Gasteiger charge is -2.33. The maximum absolute atomic E-state index is 12.2. The molecule has 1 aliphatic heterocycles. The largest absolute Gasteiger partial charge is 0.378 e. The second kappa shape index (κ2) is 5.80. The van der Waals surface area contributed by atoms with Crippen LogP contribution in [0.1, 0.15) is 19.4 Å². The van der Waals surface area contributed by atoms with Gasteiger partial charge in [0.15, 0.2) is 0 Å². The summed E-state index contributed by atoms with van der Waals surface area (Å²) in [7, 11) is 0. The summed E-state index contributed by atoms with van der Waals surface area (Å²) in [6.45, 7) is 6.46. The topological polar surface area (TPSA) is 41.6 Å². The van der Waals surface area contributed by atoms with Gasteiger partial charge in [0.05, 0.1) is 18.8 Å². The molecular weight excluding hydrogens is 264 g/mol. The van der Waals surface area contributed by atoms with Gasteiger partial charge in [-0.25, -0.2) is 4.79 Å². The predicted octanol–water partition coefficient (Wildman–Crippen LogP) is 2.62. The van der Waals surface area contributed by atoms with Gasteiger partial charge in [0.25, 0.3) is 0 Å². The molecule has 1 saturated heterocycles. The van der Waals surface area contributed by atoms with Crippen molar-refractivity contribution in [2.24, 2.45) is 0 Å². The normalized spacial score (nSPS) is 16.3. The van der Waals surface area contributed by atoms with Crippen LogP contribution < -0.4 is 5.32 Å². The molecule has 0 saturated carbocycles. The lowest BCUT2D eigenvalue weighted by molar-refractivity contribution is 0.0514. The number of halogens is 1. The molecule has 0 aliphatic carbocycles. The number of carbonyl (C=O) groups excluding carboxylic acids is 1. The fourth-order valence-electron chi connectivity index (χ4n) is 2.05. The number of nitrogens with one attached hydrogen (secondary N) is 1. The molecule has 19 heavy (non-hydrogen) atoms. The molecule has 0 radical (unpaired) electrons. The number of nitrogens with zero attached hydrogens (tertiary/aromatic N) is 1. The first-order valence-electron chi connectivity index (χ1n) is 6.40. The summed E-state index contributed by atoms with van der Waals surface area (Å²) in [5.74, 6) is 0. The maximum Gasteiger partial charge on any atom is 0.318 e. The quantitative estimate of drug-likeness (QED) is 0.906. The molecule has 0 spiro atoms. The Balaban J connectivity index is 2.03. The van der Waals surface area contributed by atoms with Crippen molar-refractivity contribution in [2.45, 2.75) is 19.4 Å². The Kier molecular flexibility index (Phi) is 4.32. The smallest absolute Gasteiger partial charge is 0.318 e. The van der Waals surface area contributed by atoms with Crippen molar-refractivity contribution in [3.05, 3.63) is 34.9 Å². The monoisotopic (exact) mass is 282 g/mol. The number of benzene rings is 1. The minimum atomic E-state index is -0.431. The van der Waals surface area contributed by atoms with Gasteiger partial charge in [-0.3, -0.25) is 0 Å². The second-order valence-corrected chi connectivity index (χ2v) is 5.60. The van der Waals surface area contributed by atoms with Gasteiger partial charge in [0.1, 0.15) is 0 Å². The Morgan fingerprint density at radius 1 is 1.26 bits per heavy atom. The number of hydrogen-bond acceptors (Lipinski definition) is 2. The highest BCUT2D eigenvalue weighted by Crippen LogP contribution is 2.22. The van der Waals surface area contributed by atoms with E-state index in [4.69, 9.17) is 16.3 Å². The van der Waals surface area contributed by atoms with Crippen molar-refractivity contribution >= 4 is 17.6 Å². The van der Waals surface area contributed by atoms with E-state index in [1.54, 1.807) is 4.90 Å². The van der Waals surface area contributed by atoms with E-state index in [1.807, 2.05) is 38.1 Å². The van der Waals surface area contributed by atoms with Crippen molar-refractivity contribution in [3.8, 4) is 0 Å². The van der Waals surface area contributed by atoms with E-state index in [0.717, 1.165) is 5.56 Å². The lowest BCUT2D eigenvalue weighted by atomic mass is 9.94. The predicted molar refractivity (Wildman–Crippen MR) is 75.4 cm³/mol. The average Bonchev–Trinajstić information content (AvgIpc) is 2.40. The minimum Gasteiger partial charge on any atom is -0.378 e. The second-order valence-electron chi connectivity index (χ2n) is 5.16. The molecule has 0 bridgehead atoms. The van der Waals surface area contributed by atoms with E-state index in [0.29, 0.717) is 31.3 Å². The van der Waals surface area contributed by atoms with Crippen LogP contribution in [0.3, 0.4) is 0 Å². The number of morpholine rings is 1. The Labute approximate surface area is 118 Å². The van der Waals surface area contributed by atoms with E-state index < -0.39 is 5.54 Å². The number of amides is 2. The summed E-state index contributed by atoms with van der Waals surface area (Å²) in [6, 6.07) is 7.48. The van der Waals surface area contributed by atoms with Crippen LogP contribution in [0.25, 0.3) is 0 Å². The fourth-order valence-corrected chi connectivity index (χ4v) is 2.18. The Morgan fingerprint density at radius 2 is 1.84 bits per heavy atom. The van der Waals surface area contributed by atoms with Gasteiger partial charge < -0.3 is 15.0 Å². The average molecular weight is 283 g/mol. The molecule has 1 N–H and O–H groups in total. The van der Waals surface area contributed by atoms with Crippen molar-refractivity contribution in [1.29, 1.82) is 0 Å². The van der Waals surface area contributed by atoms with Gasteiger partial charge in [-0.1, -0.05) is 23.7 Å². The van der Waals surface area contributed by atoms with Crippen LogP contribution in [0.5, 0.6) is 0 Å². The summed E-state index contributed by atoms with van der Waals surface area (Å²) in [4.78, 5) is 14.0. The molecule has 0 unspecified atom stereocenters. The summed E-state index contributed by atoms with van der Waals surface area (Å²) in [5.41, 5.74) is 0.596. The molecule has 0 atom stereocenters. The third-order valence-electron chi connectivity index (χ3n) is 3.28. The van der Waals surface area contributed by atoms with Crippen LogP contribution in [0.4, 0.5) is 4.79 Å². The van der Waals surface area contributed by atoms with Crippen LogP contribution >= 0.6 is 11.6 Å². The summed E-state index contributed by atoms with van der Waals surface area (Å²) < 4.78 is 5.24. The summed E-state index contributed by atoms with van der Waals surface area (Å²) >= 11 is 5.88. The van der Waals surface area contributed by atoms with Crippen LogP contribution in [0.2, 0.25) is 5.02 Å². The highest BCUT2D eigenvalue weighted by Gasteiger charge is 2.26. The fraction of sp³-hybridized carbons (Fsp3) is 0.500. The third kappa shape index (κ3) is 3.61. The summed E-state index contributed by atoms with van der Waals surface area (Å²) in [6.07, 6.45) is 0. The maximum atomic E-state index is 12.2. The number of hydrogen-bond donors (Lipinski definition) is 1. The molecule has 2 rings (SSSR count). The molecule has 4 nitrogen and oxygen atoms in total. The van der Waals surface area contributed by atoms with Crippen molar-refractivity contribution in [3.63, 3.8) is 0 Å². The third-order valence-corrected chi connectivity index (χ3v) is 3.54. The van der Waals surface area contributed by atoms with Crippen molar-refractivity contribution in [2.75, 3.05) is 26.3 Å². The van der Waals surface area contributed by atoms with Crippen molar-refractivity contribution < 1.29 is 9.53 Å². The van der Waals surface area contributed by atoms with Crippen LogP contribution in [0.15, 0.2) is 24.3 Å². The van der Waals surface area contributed by atoms with Gasteiger partial charge in [-0.2, -0.15) is 0 Å². The zero-order valence-corrected chi connectivity index (χ0v) is 12.0.